The van der Waals surface area contributed by atoms with Crippen LogP contribution in [-0.4, -0.2) is 11.0 Å². The quantitative estimate of drug-likeness (QED) is 0.663. The lowest BCUT2D eigenvalue weighted by Gasteiger charge is -2.13. The van der Waals surface area contributed by atoms with Crippen molar-refractivity contribution in [1.82, 2.24) is 0 Å². The van der Waals surface area contributed by atoms with Gasteiger partial charge >= 0.3 is 0 Å². The Kier molecular flexibility index (Phi) is 4.64. The van der Waals surface area contributed by atoms with Gasteiger partial charge in [-0.2, -0.15) is 0 Å². The highest BCUT2D eigenvalue weighted by Crippen LogP contribution is 2.29. The molecule has 2 N–H and O–H groups in total. The number of alkyl halides is 1. The molecule has 0 heterocycles. The van der Waals surface area contributed by atoms with Gasteiger partial charge in [-0.05, 0) is 23.6 Å². The van der Waals surface area contributed by atoms with Crippen molar-refractivity contribution in [2.24, 2.45) is 0 Å². The first kappa shape index (κ1) is 14.4. The van der Waals surface area contributed by atoms with Crippen LogP contribution in [0.3, 0.4) is 0 Å². The van der Waals surface area contributed by atoms with Crippen molar-refractivity contribution in [2.75, 3.05) is 5.32 Å². The number of hydrogen-bond acceptors (Lipinski definition) is 2. The monoisotopic (exact) mass is 289 g/mol. The van der Waals surface area contributed by atoms with Crippen molar-refractivity contribution >= 4 is 23.2 Å². The number of halogens is 1. The molecule has 4 heteroatoms. The molecule has 2 aromatic carbocycles. The van der Waals surface area contributed by atoms with Crippen molar-refractivity contribution in [3.8, 4) is 5.75 Å². The molecule has 0 bridgehead atoms. The number of rotatable bonds is 4. The summed E-state index contributed by atoms with van der Waals surface area (Å²) in [7, 11) is 0. The Balaban J connectivity index is 2.16. The van der Waals surface area contributed by atoms with Crippen LogP contribution >= 0.6 is 11.6 Å². The fourth-order valence-corrected chi connectivity index (χ4v) is 2.15. The number of aryl methyl sites for hydroxylation is 1. The van der Waals surface area contributed by atoms with Gasteiger partial charge in [-0.15, -0.1) is 11.6 Å². The maximum Gasteiger partial charge on any atom is 0.247 e. The second-order valence-electron chi connectivity index (χ2n) is 4.43. The lowest BCUT2D eigenvalue weighted by Crippen LogP contribution is -2.17. The first-order valence-electron chi connectivity index (χ1n) is 6.44. The molecule has 2 rings (SSSR count). The van der Waals surface area contributed by atoms with E-state index in [4.69, 9.17) is 11.6 Å². The Morgan fingerprint density at radius 3 is 2.55 bits per heavy atom. The maximum absolute atomic E-state index is 12.1. The van der Waals surface area contributed by atoms with Crippen molar-refractivity contribution in [1.29, 1.82) is 0 Å². The smallest absolute Gasteiger partial charge is 0.247 e. The molecule has 2 aromatic rings. The Labute approximate surface area is 123 Å². The SMILES string of the molecule is CCc1cccc(NC(=O)C(Cl)c2ccccc2)c1O. The molecular formula is C16H16ClNO2. The third-order valence-electron chi connectivity index (χ3n) is 3.08. The van der Waals surface area contributed by atoms with Crippen molar-refractivity contribution in [2.45, 2.75) is 18.7 Å². The van der Waals surface area contributed by atoms with Crippen LogP contribution in [0.1, 0.15) is 23.4 Å². The van der Waals surface area contributed by atoms with E-state index in [1.165, 1.54) is 0 Å². The summed E-state index contributed by atoms with van der Waals surface area (Å²) in [6, 6.07) is 14.4. The van der Waals surface area contributed by atoms with Crippen LogP contribution in [0.15, 0.2) is 48.5 Å². The summed E-state index contributed by atoms with van der Waals surface area (Å²) in [6.07, 6.45) is 0.693. The van der Waals surface area contributed by atoms with E-state index in [2.05, 4.69) is 5.32 Å². The number of para-hydroxylation sites is 1. The molecule has 0 aliphatic carbocycles. The first-order valence-corrected chi connectivity index (χ1v) is 6.88. The average Bonchev–Trinajstić information content (AvgIpc) is 2.49. The number of amides is 1. The summed E-state index contributed by atoms with van der Waals surface area (Å²) in [5.74, 6) is -0.262. The molecule has 0 aromatic heterocycles. The summed E-state index contributed by atoms with van der Waals surface area (Å²) in [6.45, 7) is 1.94. The van der Waals surface area contributed by atoms with E-state index >= 15 is 0 Å². The highest BCUT2D eigenvalue weighted by atomic mass is 35.5. The summed E-state index contributed by atoms with van der Waals surface area (Å²) in [4.78, 5) is 12.1. The van der Waals surface area contributed by atoms with Gasteiger partial charge in [0.15, 0.2) is 0 Å². The average molecular weight is 290 g/mol. The molecule has 0 radical (unpaired) electrons. The number of aromatic hydroxyl groups is 1. The lowest BCUT2D eigenvalue weighted by atomic mass is 10.1. The van der Waals surface area contributed by atoms with Gasteiger partial charge < -0.3 is 10.4 Å². The first-order chi connectivity index (χ1) is 9.63. The predicted octanol–water partition coefficient (Wildman–Crippen LogP) is 3.87. The summed E-state index contributed by atoms with van der Waals surface area (Å²) in [5.41, 5.74) is 1.89. The number of phenols is 1. The summed E-state index contributed by atoms with van der Waals surface area (Å²) >= 11 is 6.14. The molecule has 1 atom stereocenters. The molecule has 0 saturated heterocycles. The Morgan fingerprint density at radius 1 is 1.20 bits per heavy atom. The molecule has 1 amide bonds. The minimum absolute atomic E-state index is 0.0975. The van der Waals surface area contributed by atoms with Crippen molar-refractivity contribution in [3.05, 3.63) is 59.7 Å². The van der Waals surface area contributed by atoms with Gasteiger partial charge in [-0.25, -0.2) is 0 Å². The molecule has 3 nitrogen and oxygen atoms in total. The number of nitrogens with one attached hydrogen (secondary N) is 1. The number of carbonyl (C=O) groups is 1. The minimum Gasteiger partial charge on any atom is -0.505 e. The van der Waals surface area contributed by atoms with Crippen LogP contribution in [0.25, 0.3) is 0 Å². The van der Waals surface area contributed by atoms with Gasteiger partial charge in [0.2, 0.25) is 5.91 Å². The Bertz CT molecular complexity index is 599. The molecule has 0 fully saturated rings. The zero-order valence-corrected chi connectivity index (χ0v) is 11.9. The van der Waals surface area contributed by atoms with E-state index in [0.717, 1.165) is 11.1 Å². The molecule has 0 aliphatic heterocycles. The zero-order valence-electron chi connectivity index (χ0n) is 11.1. The van der Waals surface area contributed by atoms with E-state index < -0.39 is 5.38 Å². The van der Waals surface area contributed by atoms with E-state index in [1.807, 2.05) is 31.2 Å². The van der Waals surface area contributed by atoms with E-state index in [0.29, 0.717) is 12.1 Å². The van der Waals surface area contributed by atoms with Gasteiger partial charge in [-0.3, -0.25) is 4.79 Å². The standard InChI is InChI=1S/C16H16ClNO2/c1-2-11-9-6-10-13(15(11)19)18-16(20)14(17)12-7-4-3-5-8-12/h3-10,14,19H,2H2,1H3,(H,18,20). The Morgan fingerprint density at radius 2 is 1.90 bits per heavy atom. The molecule has 1 unspecified atom stereocenters. The molecule has 104 valence electrons. The van der Waals surface area contributed by atoms with Gasteiger partial charge in [0.05, 0.1) is 5.69 Å². The summed E-state index contributed by atoms with van der Waals surface area (Å²) in [5, 5.41) is 11.9. The van der Waals surface area contributed by atoms with Gasteiger partial charge in [0, 0.05) is 0 Å². The van der Waals surface area contributed by atoms with Crippen LogP contribution in [-0.2, 0) is 11.2 Å². The Hall–Kier alpha value is -2.00. The second kappa shape index (κ2) is 6.44. The fourth-order valence-electron chi connectivity index (χ4n) is 1.95. The van der Waals surface area contributed by atoms with Crippen molar-refractivity contribution in [3.63, 3.8) is 0 Å². The topological polar surface area (TPSA) is 49.3 Å². The predicted molar refractivity (Wildman–Crippen MR) is 81.2 cm³/mol. The largest absolute Gasteiger partial charge is 0.505 e. The van der Waals surface area contributed by atoms with E-state index in [-0.39, 0.29) is 11.7 Å². The zero-order chi connectivity index (χ0) is 14.5. The third kappa shape index (κ3) is 3.11. The fraction of sp³-hybridized carbons (Fsp3) is 0.188. The van der Waals surface area contributed by atoms with Gasteiger partial charge in [-0.1, -0.05) is 49.4 Å². The maximum atomic E-state index is 12.1. The number of carbonyl (C=O) groups excluding carboxylic acids is 1. The van der Waals surface area contributed by atoms with Gasteiger partial charge in [0.1, 0.15) is 11.1 Å². The summed E-state index contributed by atoms with van der Waals surface area (Å²) < 4.78 is 0. The van der Waals surface area contributed by atoms with Crippen LogP contribution in [0.2, 0.25) is 0 Å². The molecular weight excluding hydrogens is 274 g/mol. The van der Waals surface area contributed by atoms with Crippen LogP contribution in [0.5, 0.6) is 5.75 Å². The second-order valence-corrected chi connectivity index (χ2v) is 4.87. The number of hydrogen-bond donors (Lipinski definition) is 2. The highest BCUT2D eigenvalue weighted by molar-refractivity contribution is 6.32. The lowest BCUT2D eigenvalue weighted by molar-refractivity contribution is -0.116. The normalized spacial score (nSPS) is 11.9. The van der Waals surface area contributed by atoms with E-state index in [1.54, 1.807) is 24.3 Å². The molecule has 0 aliphatic rings. The number of phenolic OH excluding ortho intramolecular Hbond substituents is 1. The van der Waals surface area contributed by atoms with Crippen LogP contribution < -0.4 is 5.32 Å². The molecule has 0 saturated carbocycles. The minimum atomic E-state index is -0.791. The molecule has 20 heavy (non-hydrogen) atoms. The number of benzene rings is 2. The van der Waals surface area contributed by atoms with Gasteiger partial charge in [0.25, 0.3) is 0 Å². The van der Waals surface area contributed by atoms with Crippen LogP contribution in [0, 0.1) is 0 Å². The number of anilines is 1. The highest BCUT2D eigenvalue weighted by Gasteiger charge is 2.18. The molecule has 0 spiro atoms. The van der Waals surface area contributed by atoms with Crippen LogP contribution in [0.4, 0.5) is 5.69 Å². The third-order valence-corrected chi connectivity index (χ3v) is 3.53. The van der Waals surface area contributed by atoms with E-state index in [9.17, 15) is 9.90 Å². The van der Waals surface area contributed by atoms with Crippen molar-refractivity contribution < 1.29 is 9.90 Å².